The maximum atomic E-state index is 9.14. The van der Waals surface area contributed by atoms with E-state index in [-0.39, 0.29) is 18.4 Å². The molecule has 3 N–H and O–H groups in total. The SMILES string of the molecule is CCOc1nc(N)c2nc(OC)n(Cc3ccc(CO)cc3)c2n1. The number of aliphatic hydroxyl groups excluding tert-OH is 1. The van der Waals surface area contributed by atoms with Gasteiger partial charge in [-0.15, -0.1) is 0 Å². The fourth-order valence-electron chi connectivity index (χ4n) is 2.41. The van der Waals surface area contributed by atoms with E-state index in [0.717, 1.165) is 11.1 Å². The summed E-state index contributed by atoms with van der Waals surface area (Å²) >= 11 is 0. The van der Waals surface area contributed by atoms with Gasteiger partial charge in [-0.25, -0.2) is 0 Å². The van der Waals surface area contributed by atoms with Crippen LogP contribution in [0.5, 0.6) is 12.0 Å². The Kier molecular flexibility index (Phi) is 4.48. The Morgan fingerprint density at radius 1 is 1.12 bits per heavy atom. The molecule has 1 aromatic carbocycles. The highest BCUT2D eigenvalue weighted by atomic mass is 16.5. The monoisotopic (exact) mass is 329 g/mol. The molecule has 0 unspecified atom stereocenters. The van der Waals surface area contributed by atoms with Crippen molar-refractivity contribution in [3.8, 4) is 12.0 Å². The molecule has 0 bridgehead atoms. The summed E-state index contributed by atoms with van der Waals surface area (Å²) in [5.41, 5.74) is 8.86. The molecule has 0 aliphatic carbocycles. The zero-order valence-electron chi connectivity index (χ0n) is 13.6. The van der Waals surface area contributed by atoms with Crippen molar-refractivity contribution in [2.45, 2.75) is 20.1 Å². The van der Waals surface area contributed by atoms with Crippen molar-refractivity contribution in [2.24, 2.45) is 0 Å². The van der Waals surface area contributed by atoms with Crippen LogP contribution in [0.15, 0.2) is 24.3 Å². The van der Waals surface area contributed by atoms with Gasteiger partial charge in [-0.05, 0) is 18.1 Å². The van der Waals surface area contributed by atoms with E-state index < -0.39 is 0 Å². The van der Waals surface area contributed by atoms with E-state index in [9.17, 15) is 0 Å². The maximum Gasteiger partial charge on any atom is 0.320 e. The van der Waals surface area contributed by atoms with E-state index in [1.165, 1.54) is 0 Å². The van der Waals surface area contributed by atoms with E-state index in [2.05, 4.69) is 15.0 Å². The Balaban J connectivity index is 2.06. The third-order valence-corrected chi connectivity index (χ3v) is 3.57. The zero-order chi connectivity index (χ0) is 17.1. The minimum Gasteiger partial charge on any atom is -0.468 e. The molecule has 0 aliphatic rings. The lowest BCUT2D eigenvalue weighted by atomic mass is 10.1. The molecule has 3 rings (SSSR count). The number of rotatable bonds is 6. The number of nitrogen functional groups attached to an aromatic ring is 1. The first-order valence-electron chi connectivity index (χ1n) is 7.55. The van der Waals surface area contributed by atoms with Crippen molar-refractivity contribution in [3.05, 3.63) is 35.4 Å². The molecule has 3 aromatic rings. The van der Waals surface area contributed by atoms with Crippen LogP contribution in [-0.2, 0) is 13.2 Å². The predicted octanol–water partition coefficient (Wildman–Crippen LogP) is 1.36. The fourth-order valence-corrected chi connectivity index (χ4v) is 2.41. The molecule has 2 aromatic heterocycles. The molecular weight excluding hydrogens is 310 g/mol. The zero-order valence-corrected chi connectivity index (χ0v) is 13.6. The Labute approximate surface area is 138 Å². The number of ether oxygens (including phenoxy) is 2. The van der Waals surface area contributed by atoms with Gasteiger partial charge in [0.2, 0.25) is 0 Å². The van der Waals surface area contributed by atoms with Crippen LogP contribution in [0.3, 0.4) is 0 Å². The van der Waals surface area contributed by atoms with Crippen LogP contribution < -0.4 is 15.2 Å². The molecular formula is C16H19N5O3. The standard InChI is InChI=1S/C16H19N5O3/c1-3-24-15-19-13(17)12-14(20-15)21(16(18-12)23-2)8-10-4-6-11(9-22)7-5-10/h4-7,22H,3,8-9H2,1-2H3,(H2,17,19,20). The number of nitrogens with zero attached hydrogens (tertiary/aromatic N) is 4. The molecule has 0 radical (unpaired) electrons. The molecule has 0 atom stereocenters. The second-order valence-electron chi connectivity index (χ2n) is 5.16. The van der Waals surface area contributed by atoms with Crippen LogP contribution in [-0.4, -0.2) is 38.3 Å². The molecule has 8 nitrogen and oxygen atoms in total. The van der Waals surface area contributed by atoms with Crippen molar-refractivity contribution < 1.29 is 14.6 Å². The molecule has 126 valence electrons. The molecule has 0 aliphatic heterocycles. The number of anilines is 1. The number of benzene rings is 1. The van der Waals surface area contributed by atoms with Gasteiger partial charge in [0, 0.05) is 0 Å². The fraction of sp³-hybridized carbons (Fsp3) is 0.312. The normalized spacial score (nSPS) is 11.0. The van der Waals surface area contributed by atoms with Gasteiger partial charge in [0.1, 0.15) is 0 Å². The first kappa shape index (κ1) is 16.0. The number of methoxy groups -OCH3 is 1. The lowest BCUT2D eigenvalue weighted by Gasteiger charge is -2.09. The lowest BCUT2D eigenvalue weighted by molar-refractivity contribution is 0.282. The number of aliphatic hydroxyl groups is 1. The Morgan fingerprint density at radius 2 is 1.83 bits per heavy atom. The van der Waals surface area contributed by atoms with Crippen molar-refractivity contribution in [2.75, 3.05) is 19.5 Å². The van der Waals surface area contributed by atoms with Crippen molar-refractivity contribution in [1.82, 2.24) is 19.5 Å². The van der Waals surface area contributed by atoms with Gasteiger partial charge >= 0.3 is 6.01 Å². The molecule has 0 amide bonds. The Morgan fingerprint density at radius 3 is 2.46 bits per heavy atom. The Bertz CT molecular complexity index is 845. The van der Waals surface area contributed by atoms with Crippen LogP contribution in [0, 0.1) is 0 Å². The van der Waals surface area contributed by atoms with Gasteiger partial charge in [-0.1, -0.05) is 24.3 Å². The van der Waals surface area contributed by atoms with E-state index in [1.54, 1.807) is 7.11 Å². The van der Waals surface area contributed by atoms with Crippen LogP contribution in [0.2, 0.25) is 0 Å². The first-order chi connectivity index (χ1) is 11.7. The molecule has 0 saturated heterocycles. The van der Waals surface area contributed by atoms with Crippen LogP contribution in [0.1, 0.15) is 18.1 Å². The average Bonchev–Trinajstić information content (AvgIpc) is 2.94. The summed E-state index contributed by atoms with van der Waals surface area (Å²) in [6.07, 6.45) is 0. The van der Waals surface area contributed by atoms with E-state index in [4.69, 9.17) is 20.3 Å². The highest BCUT2D eigenvalue weighted by Gasteiger charge is 2.18. The van der Waals surface area contributed by atoms with Gasteiger partial charge < -0.3 is 20.3 Å². The summed E-state index contributed by atoms with van der Waals surface area (Å²) in [4.78, 5) is 12.8. The topological polar surface area (TPSA) is 108 Å². The molecule has 0 spiro atoms. The van der Waals surface area contributed by atoms with E-state index >= 15 is 0 Å². The van der Waals surface area contributed by atoms with Crippen LogP contribution in [0.25, 0.3) is 11.2 Å². The number of hydrogen-bond donors (Lipinski definition) is 2. The summed E-state index contributed by atoms with van der Waals surface area (Å²) in [7, 11) is 1.54. The molecule has 2 heterocycles. The van der Waals surface area contributed by atoms with Crippen molar-refractivity contribution in [1.29, 1.82) is 0 Å². The largest absolute Gasteiger partial charge is 0.468 e. The summed E-state index contributed by atoms with van der Waals surface area (Å²) < 4.78 is 12.5. The van der Waals surface area contributed by atoms with E-state index in [0.29, 0.717) is 30.3 Å². The quantitative estimate of drug-likeness (QED) is 0.703. The summed E-state index contributed by atoms with van der Waals surface area (Å²) in [5, 5.41) is 9.14. The van der Waals surface area contributed by atoms with Crippen molar-refractivity contribution in [3.63, 3.8) is 0 Å². The molecule has 0 saturated carbocycles. The number of hydrogen-bond acceptors (Lipinski definition) is 7. The van der Waals surface area contributed by atoms with Gasteiger partial charge in [-0.2, -0.15) is 15.0 Å². The first-order valence-corrected chi connectivity index (χ1v) is 7.55. The maximum absolute atomic E-state index is 9.14. The highest BCUT2D eigenvalue weighted by Crippen LogP contribution is 2.26. The highest BCUT2D eigenvalue weighted by molar-refractivity contribution is 5.83. The second kappa shape index (κ2) is 6.71. The lowest BCUT2D eigenvalue weighted by Crippen LogP contribution is -2.06. The number of nitrogens with two attached hydrogens (primary N) is 1. The summed E-state index contributed by atoms with van der Waals surface area (Å²) in [5.74, 6) is 0.246. The second-order valence-corrected chi connectivity index (χ2v) is 5.16. The van der Waals surface area contributed by atoms with Crippen molar-refractivity contribution >= 4 is 17.0 Å². The van der Waals surface area contributed by atoms with Gasteiger partial charge in [-0.3, -0.25) is 4.57 Å². The van der Waals surface area contributed by atoms with E-state index in [1.807, 2.05) is 35.8 Å². The smallest absolute Gasteiger partial charge is 0.320 e. The molecule has 24 heavy (non-hydrogen) atoms. The molecule has 8 heteroatoms. The third-order valence-electron chi connectivity index (χ3n) is 3.57. The minimum atomic E-state index is 0.0130. The molecule has 0 fully saturated rings. The third kappa shape index (κ3) is 2.95. The van der Waals surface area contributed by atoms with Gasteiger partial charge in [0.25, 0.3) is 6.01 Å². The minimum absolute atomic E-state index is 0.0130. The number of fused-ring (bicyclic) bond motifs is 1. The number of imidazole rings is 1. The average molecular weight is 329 g/mol. The predicted molar refractivity (Wildman–Crippen MR) is 88.9 cm³/mol. The summed E-state index contributed by atoms with van der Waals surface area (Å²) in [6, 6.07) is 8.22. The van der Waals surface area contributed by atoms with Crippen LogP contribution >= 0.6 is 0 Å². The van der Waals surface area contributed by atoms with Crippen LogP contribution in [0.4, 0.5) is 5.82 Å². The van der Waals surface area contributed by atoms with Gasteiger partial charge in [0.15, 0.2) is 17.0 Å². The van der Waals surface area contributed by atoms with Gasteiger partial charge in [0.05, 0.1) is 26.9 Å². The number of aromatic nitrogens is 4. The Hall–Kier alpha value is -2.87. The summed E-state index contributed by atoms with van der Waals surface area (Å²) in [6.45, 7) is 2.80.